The number of aryl methyl sites for hydroxylation is 2. The van der Waals surface area contributed by atoms with Crippen LogP contribution in [0.15, 0.2) is 54.9 Å². The monoisotopic (exact) mass is 998 g/mol. The first-order valence-electron chi connectivity index (χ1n) is 26.5. The van der Waals surface area contributed by atoms with Gasteiger partial charge in [0.05, 0.1) is 29.4 Å². The molecule has 1 saturated carbocycles. The number of halogens is 3. The van der Waals surface area contributed by atoms with Crippen molar-refractivity contribution >= 4 is 46.3 Å². The number of piperidine rings is 2. The number of carbonyl (C=O) groups is 1. The van der Waals surface area contributed by atoms with Gasteiger partial charge in [-0.15, -0.1) is 10.2 Å². The van der Waals surface area contributed by atoms with E-state index in [1.165, 1.54) is 31.4 Å². The summed E-state index contributed by atoms with van der Waals surface area (Å²) in [5.41, 5.74) is 7.57. The number of likely N-dealkylation sites (tertiary alicyclic amines) is 1. The van der Waals surface area contributed by atoms with Crippen LogP contribution in [0, 0.1) is 22.2 Å². The Morgan fingerprint density at radius 2 is 1.61 bits per heavy atom. The highest BCUT2D eigenvalue weighted by atomic mass is 35.5. The lowest BCUT2D eigenvalue weighted by Crippen LogP contribution is -2.59. The highest BCUT2D eigenvalue weighted by molar-refractivity contribution is 6.32. The minimum absolute atomic E-state index is 0.00597. The maximum absolute atomic E-state index is 14.8. The molecule has 1 aliphatic carbocycles. The number of alkyl halides is 2. The smallest absolute Gasteiger partial charge is 0.264 e. The van der Waals surface area contributed by atoms with E-state index in [1.807, 2.05) is 29.2 Å². The van der Waals surface area contributed by atoms with Crippen molar-refractivity contribution in [3.05, 3.63) is 87.8 Å². The zero-order chi connectivity index (χ0) is 49.5. The Kier molecular flexibility index (Phi) is 12.2. The molecule has 5 aromatic rings. The second kappa shape index (κ2) is 18.6. The van der Waals surface area contributed by atoms with Crippen molar-refractivity contribution in [1.29, 1.82) is 5.26 Å². The van der Waals surface area contributed by atoms with Crippen LogP contribution in [-0.4, -0.2) is 116 Å². The summed E-state index contributed by atoms with van der Waals surface area (Å²) < 4.78 is 33.6. The van der Waals surface area contributed by atoms with E-state index >= 15 is 0 Å². The van der Waals surface area contributed by atoms with Crippen LogP contribution in [0.5, 0.6) is 0 Å². The van der Waals surface area contributed by atoms with Crippen LogP contribution in [0.25, 0.3) is 11.1 Å². The van der Waals surface area contributed by atoms with Gasteiger partial charge in [0.15, 0.2) is 17.5 Å². The number of rotatable bonds is 8. The summed E-state index contributed by atoms with van der Waals surface area (Å²) in [6.45, 7) is 12.9. The van der Waals surface area contributed by atoms with Crippen LogP contribution >= 0.6 is 11.6 Å². The summed E-state index contributed by atoms with van der Waals surface area (Å²) in [6.07, 6.45) is 13.6. The molecular weight excluding hydrogens is 932 g/mol. The molecule has 2 spiro atoms. The molecule has 1 atom stereocenters. The molecule has 5 fully saturated rings. The van der Waals surface area contributed by atoms with E-state index in [-0.39, 0.29) is 22.9 Å². The Labute approximate surface area is 426 Å². The van der Waals surface area contributed by atoms with Crippen LogP contribution in [0.1, 0.15) is 118 Å². The van der Waals surface area contributed by atoms with Gasteiger partial charge >= 0.3 is 0 Å². The van der Waals surface area contributed by atoms with Crippen molar-refractivity contribution in [2.24, 2.45) is 17.9 Å². The zero-order valence-corrected chi connectivity index (χ0v) is 42.7. The highest BCUT2D eigenvalue weighted by Crippen LogP contribution is 2.49. The van der Waals surface area contributed by atoms with Gasteiger partial charge in [0, 0.05) is 137 Å². The van der Waals surface area contributed by atoms with Crippen LogP contribution in [0.4, 0.5) is 37.6 Å². The lowest BCUT2D eigenvalue weighted by atomic mass is 9.67. The molecule has 2 aromatic carbocycles. The SMILES string of the molecule is CC(=O)N1CCc2c(c(N3CCCc4cc(-c5cnn(C)c5)c(C(F)F)cc43)nn2C2CCN(C3CCC4(CC3)CN(c3ccc(N5CCC6(CC5)C[C@H](C)N(c5ccc(C#N)c(Cl)c5)C6)nn3)C4)CC2)C1. The third-order valence-electron chi connectivity index (χ3n) is 18.1. The average Bonchev–Trinajstić information content (AvgIpc) is 4.09. The van der Waals surface area contributed by atoms with E-state index in [2.05, 4.69) is 59.4 Å². The number of benzene rings is 2. The standard InChI is InChI=1S/C55H66ClF2N13O/c1-36-28-54(35-70(36)43-7-6-39(29-59)47(56)26-43)17-23-66(24-18-54)50-8-9-51(62-61-50)68-33-55(34-68)15-10-41(11-16-55)65-20-12-42(13-21-65)71-48-14-22-67(37(2)72)32-46(48)53(63-71)69-19-4-5-38-25-44(40-30-60-64(3)31-40)45(52(57)58)27-49(38)69/h6-9,25-27,30-31,36,41-42,52H,4-5,10-24,28,32-35H2,1-3H3/t36-/m0/s1. The van der Waals surface area contributed by atoms with Crippen LogP contribution < -0.4 is 19.6 Å². The normalized spacial score (nSPS) is 22.4. The first-order chi connectivity index (χ1) is 34.8. The van der Waals surface area contributed by atoms with Gasteiger partial charge < -0.3 is 29.4 Å². The Morgan fingerprint density at radius 3 is 2.28 bits per heavy atom. The van der Waals surface area contributed by atoms with Crippen LogP contribution in [-0.2, 0) is 31.2 Å². The van der Waals surface area contributed by atoms with Gasteiger partial charge in [0.25, 0.3) is 6.43 Å². The maximum atomic E-state index is 14.8. The number of anilines is 5. The average molecular weight is 999 g/mol. The van der Waals surface area contributed by atoms with Gasteiger partial charge in [-0.25, -0.2) is 8.78 Å². The molecule has 7 aliphatic rings. The number of carbonyl (C=O) groups excluding carboxylic acids is 1. The fourth-order valence-electron chi connectivity index (χ4n) is 14.1. The van der Waals surface area contributed by atoms with Gasteiger partial charge in [-0.05, 0) is 137 Å². The van der Waals surface area contributed by atoms with E-state index < -0.39 is 6.43 Å². The number of hydrogen-bond donors (Lipinski definition) is 0. The fraction of sp³-hybridized carbons (Fsp3) is 0.564. The van der Waals surface area contributed by atoms with Crippen LogP contribution in [0.2, 0.25) is 5.02 Å². The second-order valence-electron chi connectivity index (χ2n) is 22.5. The Hall–Kier alpha value is -5.79. The quantitative estimate of drug-likeness (QED) is 0.148. The van der Waals surface area contributed by atoms with Gasteiger partial charge in [-0.1, -0.05) is 11.6 Å². The van der Waals surface area contributed by atoms with E-state index in [1.54, 1.807) is 37.1 Å². The summed E-state index contributed by atoms with van der Waals surface area (Å²) >= 11 is 6.42. The molecule has 4 saturated heterocycles. The predicted molar refractivity (Wildman–Crippen MR) is 276 cm³/mol. The van der Waals surface area contributed by atoms with Gasteiger partial charge in [-0.3, -0.25) is 14.2 Å². The van der Waals surface area contributed by atoms with Crippen molar-refractivity contribution in [2.75, 3.05) is 78.5 Å². The Balaban J connectivity index is 0.652. The number of aromatic nitrogens is 6. The largest absolute Gasteiger partial charge is 0.368 e. The molecule has 0 unspecified atom stereocenters. The molecule has 12 rings (SSSR count). The topological polar surface area (TPSA) is 122 Å². The first-order valence-corrected chi connectivity index (χ1v) is 26.8. The predicted octanol–water partition coefficient (Wildman–Crippen LogP) is 9.50. The van der Waals surface area contributed by atoms with Crippen LogP contribution in [0.3, 0.4) is 0 Å². The van der Waals surface area contributed by atoms with Gasteiger partial charge in [0.2, 0.25) is 5.91 Å². The molecule has 6 aliphatic heterocycles. The summed E-state index contributed by atoms with van der Waals surface area (Å²) in [4.78, 5) is 26.9. The summed E-state index contributed by atoms with van der Waals surface area (Å²) in [5.74, 6) is 2.82. The molecule has 378 valence electrons. The zero-order valence-electron chi connectivity index (χ0n) is 41.9. The molecule has 0 bridgehead atoms. The number of hydrogen-bond acceptors (Lipinski definition) is 11. The number of fused-ring (bicyclic) bond motifs is 2. The lowest BCUT2D eigenvalue weighted by Gasteiger charge is -2.55. The minimum Gasteiger partial charge on any atom is -0.368 e. The first kappa shape index (κ1) is 47.2. The third kappa shape index (κ3) is 8.55. The molecule has 17 heteroatoms. The van der Waals surface area contributed by atoms with Crippen molar-refractivity contribution in [3.8, 4) is 17.2 Å². The van der Waals surface area contributed by atoms with Gasteiger partial charge in [-0.2, -0.15) is 15.5 Å². The van der Waals surface area contributed by atoms with E-state index in [4.69, 9.17) is 26.9 Å². The van der Waals surface area contributed by atoms with E-state index in [0.717, 1.165) is 137 Å². The fourth-order valence-corrected chi connectivity index (χ4v) is 14.3. The van der Waals surface area contributed by atoms with Crippen molar-refractivity contribution in [2.45, 2.75) is 122 Å². The number of amides is 1. The number of nitriles is 1. The van der Waals surface area contributed by atoms with Crippen molar-refractivity contribution < 1.29 is 13.6 Å². The summed E-state index contributed by atoms with van der Waals surface area (Å²) in [7, 11) is 1.80. The molecule has 0 N–H and O–H groups in total. The Morgan fingerprint density at radius 1 is 0.861 bits per heavy atom. The molecule has 0 radical (unpaired) electrons. The van der Waals surface area contributed by atoms with Crippen molar-refractivity contribution in [1.82, 2.24) is 39.6 Å². The summed E-state index contributed by atoms with van der Waals surface area (Å²) in [5, 5.41) is 29.1. The highest BCUT2D eigenvalue weighted by Gasteiger charge is 2.48. The Bertz CT molecular complexity index is 2880. The molecular formula is C55H66ClF2N13O. The lowest BCUT2D eigenvalue weighted by molar-refractivity contribution is -0.129. The minimum atomic E-state index is -2.64. The third-order valence-corrected chi connectivity index (χ3v) is 18.4. The molecule has 14 nitrogen and oxygen atoms in total. The van der Waals surface area contributed by atoms with E-state index in [0.29, 0.717) is 58.8 Å². The van der Waals surface area contributed by atoms with Gasteiger partial charge in [0.1, 0.15) is 6.07 Å². The van der Waals surface area contributed by atoms with E-state index in [9.17, 15) is 18.8 Å². The number of nitrogens with zero attached hydrogens (tertiary/aromatic N) is 13. The molecule has 72 heavy (non-hydrogen) atoms. The molecule has 1 amide bonds. The molecule has 9 heterocycles. The summed E-state index contributed by atoms with van der Waals surface area (Å²) in [6, 6.07) is 17.2. The maximum Gasteiger partial charge on any atom is 0.264 e. The second-order valence-corrected chi connectivity index (χ2v) is 22.9. The van der Waals surface area contributed by atoms with Crippen molar-refractivity contribution in [3.63, 3.8) is 0 Å². The molecule has 3 aromatic heterocycles.